The molecule has 2 nitrogen and oxygen atoms in total. The molecule has 0 heterocycles. The van der Waals surface area contributed by atoms with Gasteiger partial charge in [0.2, 0.25) is 0 Å². The lowest BCUT2D eigenvalue weighted by Gasteiger charge is -2.29. The fourth-order valence-corrected chi connectivity index (χ4v) is 3.23. The Labute approximate surface area is 154 Å². The van der Waals surface area contributed by atoms with E-state index in [1.807, 2.05) is 0 Å². The van der Waals surface area contributed by atoms with Crippen LogP contribution in [0.1, 0.15) is 5.56 Å². The van der Waals surface area contributed by atoms with Gasteiger partial charge in [-0.15, -0.1) is 11.8 Å². The van der Waals surface area contributed by atoms with E-state index in [0.29, 0.717) is 22.3 Å². The van der Waals surface area contributed by atoms with Crippen LogP contribution in [0.25, 0.3) is 0 Å². The number of nitrogens with zero attached hydrogens (tertiary/aromatic N) is 2. The summed E-state index contributed by atoms with van der Waals surface area (Å²) in [6.07, 6.45) is -8.94. The Kier molecular flexibility index (Phi) is 7.40. The number of hydrazine groups is 1. The molecule has 0 aromatic heterocycles. The van der Waals surface area contributed by atoms with Gasteiger partial charge < -0.3 is 0 Å². The van der Waals surface area contributed by atoms with Gasteiger partial charge in [0.25, 0.3) is 0 Å². The van der Waals surface area contributed by atoms with Crippen LogP contribution in [0.5, 0.6) is 0 Å². The molecule has 0 amide bonds. The van der Waals surface area contributed by atoms with E-state index < -0.39 is 24.7 Å². The lowest BCUT2D eigenvalue weighted by atomic mass is 10.2. The van der Waals surface area contributed by atoms with Crippen LogP contribution in [-0.2, 0) is 0 Å². The van der Waals surface area contributed by atoms with Crippen LogP contribution in [0, 0.1) is 6.92 Å². The zero-order valence-electron chi connectivity index (χ0n) is 11.3. The molecule has 0 unspecified atom stereocenters. The van der Waals surface area contributed by atoms with Gasteiger partial charge in [0, 0.05) is 37.2 Å². The van der Waals surface area contributed by atoms with Crippen molar-refractivity contribution in [1.29, 1.82) is 0 Å². The zero-order chi connectivity index (χ0) is 18.0. The molecule has 1 rings (SSSR count). The largest absolute Gasteiger partial charge is 0.407 e. The highest BCUT2D eigenvalue weighted by Crippen LogP contribution is 2.38. The summed E-state index contributed by atoms with van der Waals surface area (Å²) in [7, 11) is 0. The fourth-order valence-electron chi connectivity index (χ4n) is 1.54. The van der Waals surface area contributed by atoms with E-state index in [-0.39, 0.29) is 15.6 Å². The molecule has 0 bridgehead atoms. The Morgan fingerprint density at radius 1 is 1.09 bits per heavy atom. The molecule has 12 heteroatoms. The summed E-state index contributed by atoms with van der Waals surface area (Å²) in [5.74, 6) is -1.15. The summed E-state index contributed by atoms with van der Waals surface area (Å²) in [6.45, 7) is 0.137. The molecular formula is C11H9Br2ClF6N2S. The van der Waals surface area contributed by atoms with E-state index in [1.54, 1.807) is 0 Å². The van der Waals surface area contributed by atoms with Gasteiger partial charge in [0.05, 0.1) is 16.5 Å². The minimum atomic E-state index is -4.55. The second-order valence-electron chi connectivity index (χ2n) is 4.36. The topological polar surface area (TPSA) is 6.48 Å². The smallest absolute Gasteiger partial charge is 0.275 e. The van der Waals surface area contributed by atoms with Crippen molar-refractivity contribution in [2.75, 3.05) is 17.3 Å². The number of benzene rings is 1. The summed E-state index contributed by atoms with van der Waals surface area (Å²) in [5, 5.41) is 0.673. The number of thioether (sulfide) groups is 1. The van der Waals surface area contributed by atoms with Gasteiger partial charge in [-0.1, -0.05) is 14.7 Å². The lowest BCUT2D eigenvalue weighted by molar-refractivity contribution is -0.121. The lowest BCUT2D eigenvalue weighted by Crippen LogP contribution is -2.38. The molecule has 1 aromatic rings. The molecule has 0 saturated heterocycles. The summed E-state index contributed by atoms with van der Waals surface area (Å²) in [5.41, 5.74) is 0.351. The monoisotopic (exact) mass is 508 g/mol. The van der Waals surface area contributed by atoms with E-state index in [9.17, 15) is 26.3 Å². The number of hydrogen-bond acceptors (Lipinski definition) is 3. The molecule has 0 atom stereocenters. The van der Waals surface area contributed by atoms with Crippen molar-refractivity contribution in [3.8, 4) is 0 Å². The highest BCUT2D eigenvalue weighted by atomic mass is 79.9. The molecule has 0 spiro atoms. The molecule has 1 aromatic carbocycles. The van der Waals surface area contributed by atoms with Crippen molar-refractivity contribution >= 4 is 61.3 Å². The quantitative estimate of drug-likeness (QED) is 0.193. The molecule has 0 N–H and O–H groups in total. The van der Waals surface area contributed by atoms with Crippen molar-refractivity contribution in [2.24, 2.45) is 0 Å². The van der Waals surface area contributed by atoms with Crippen molar-refractivity contribution in [1.82, 2.24) is 3.06 Å². The van der Waals surface area contributed by atoms with E-state index in [2.05, 4.69) is 32.3 Å². The minimum absolute atomic E-state index is 0.0213. The summed E-state index contributed by atoms with van der Waals surface area (Å²) in [4.78, 5) is 0.191. The van der Waals surface area contributed by atoms with Crippen LogP contribution in [0.2, 0.25) is 5.02 Å². The third-order valence-corrected chi connectivity index (χ3v) is 4.72. The maximum atomic E-state index is 12.7. The van der Waals surface area contributed by atoms with Crippen LogP contribution >= 0.6 is 55.7 Å². The van der Waals surface area contributed by atoms with Crippen LogP contribution < -0.4 is 5.01 Å². The van der Waals surface area contributed by atoms with Crippen LogP contribution in [0.4, 0.5) is 32.0 Å². The fraction of sp³-hybridized carbons (Fsp3) is 0.455. The van der Waals surface area contributed by atoms with Crippen molar-refractivity contribution in [2.45, 2.75) is 24.2 Å². The van der Waals surface area contributed by atoms with Gasteiger partial charge in [-0.25, -0.2) is 0 Å². The highest BCUT2D eigenvalue weighted by molar-refractivity contribution is 9.21. The third kappa shape index (κ3) is 7.29. The standard InChI is InChI=1S/C11H9Br2ClF6N2S/c1-6-2-7(14)8(3-9(6)23-5-11(18,19)20)21(22(12)13)4-10(15,16)17/h2-3H,4-5H2,1H3. The summed E-state index contributed by atoms with van der Waals surface area (Å²) < 4.78 is 75.8. The van der Waals surface area contributed by atoms with Gasteiger partial charge >= 0.3 is 12.4 Å². The average molecular weight is 511 g/mol. The predicted molar refractivity (Wildman–Crippen MR) is 86.1 cm³/mol. The molecule has 23 heavy (non-hydrogen) atoms. The molecule has 0 fully saturated rings. The van der Waals surface area contributed by atoms with E-state index in [0.717, 1.165) is 3.06 Å². The number of aryl methyl sites for hydroxylation is 1. The van der Waals surface area contributed by atoms with Crippen molar-refractivity contribution in [3.63, 3.8) is 0 Å². The number of anilines is 1. The highest BCUT2D eigenvalue weighted by Gasteiger charge is 2.34. The Morgan fingerprint density at radius 2 is 1.65 bits per heavy atom. The number of rotatable bonds is 5. The third-order valence-electron chi connectivity index (χ3n) is 2.43. The second kappa shape index (κ2) is 8.03. The first kappa shape index (κ1) is 21.2. The molecule has 0 aliphatic rings. The van der Waals surface area contributed by atoms with Crippen LogP contribution in [-0.4, -0.2) is 27.7 Å². The number of alkyl halides is 6. The molecule has 0 radical (unpaired) electrons. The van der Waals surface area contributed by atoms with E-state index in [1.165, 1.54) is 19.1 Å². The molecule has 0 aliphatic heterocycles. The Bertz CT molecular complexity index is 553. The Hall–Kier alpha value is 0.160. The minimum Gasteiger partial charge on any atom is -0.275 e. The second-order valence-corrected chi connectivity index (χ2v) is 8.08. The summed E-state index contributed by atoms with van der Waals surface area (Å²) >= 11 is 12.1. The zero-order valence-corrected chi connectivity index (χ0v) is 16.0. The van der Waals surface area contributed by atoms with Gasteiger partial charge in [-0.2, -0.15) is 26.3 Å². The van der Waals surface area contributed by atoms with Crippen LogP contribution in [0.3, 0.4) is 0 Å². The summed E-state index contributed by atoms with van der Waals surface area (Å²) in [6, 6.07) is 2.51. The SMILES string of the molecule is Cc1cc(Cl)c(N(CC(F)(F)F)N(Br)Br)cc1SCC(F)(F)F. The van der Waals surface area contributed by atoms with Gasteiger partial charge in [-0.05, 0) is 24.6 Å². The van der Waals surface area contributed by atoms with Gasteiger partial charge in [0.1, 0.15) is 6.54 Å². The van der Waals surface area contributed by atoms with Gasteiger partial charge in [-0.3, -0.25) is 5.01 Å². The first-order valence-electron chi connectivity index (χ1n) is 5.76. The maximum absolute atomic E-state index is 12.7. The Morgan fingerprint density at radius 3 is 2.09 bits per heavy atom. The van der Waals surface area contributed by atoms with E-state index >= 15 is 0 Å². The Balaban J connectivity index is 3.18. The molecular weight excluding hydrogens is 501 g/mol. The number of halogens is 9. The van der Waals surface area contributed by atoms with Crippen molar-refractivity contribution in [3.05, 3.63) is 22.7 Å². The average Bonchev–Trinajstić information content (AvgIpc) is 2.33. The van der Waals surface area contributed by atoms with Crippen molar-refractivity contribution < 1.29 is 26.3 Å². The maximum Gasteiger partial charge on any atom is 0.407 e. The predicted octanol–water partition coefficient (Wildman–Crippen LogP) is 6.51. The first-order valence-corrected chi connectivity index (χ1v) is 8.54. The first-order chi connectivity index (χ1) is 10.3. The molecule has 0 aliphatic carbocycles. The molecule has 0 saturated carbocycles. The normalized spacial score (nSPS) is 12.8. The van der Waals surface area contributed by atoms with Gasteiger partial charge in [0.15, 0.2) is 0 Å². The molecule has 132 valence electrons. The van der Waals surface area contributed by atoms with E-state index in [4.69, 9.17) is 11.6 Å². The number of hydrogen-bond donors (Lipinski definition) is 0. The van der Waals surface area contributed by atoms with Crippen LogP contribution in [0.15, 0.2) is 17.0 Å².